The maximum atomic E-state index is 13.9. The Hall–Kier alpha value is -4.30. The Morgan fingerprint density at radius 1 is 0.971 bits per heavy atom. The van der Waals surface area contributed by atoms with Gasteiger partial charge in [0.25, 0.3) is 0 Å². The maximum Gasteiger partial charge on any atom is 0.573 e. The zero-order chi connectivity index (χ0) is 25.0. The lowest BCUT2D eigenvalue weighted by atomic mass is 10.1. The van der Waals surface area contributed by atoms with E-state index in [0.717, 1.165) is 18.2 Å². The lowest BCUT2D eigenvalue weighted by Gasteiger charge is -2.14. The van der Waals surface area contributed by atoms with Crippen LogP contribution in [0.5, 0.6) is 5.75 Å². The second kappa shape index (κ2) is 9.68. The van der Waals surface area contributed by atoms with Crippen molar-refractivity contribution < 1.29 is 45.4 Å². The third kappa shape index (κ3) is 6.14. The number of hydrogen-bond acceptors (Lipinski definition) is 7. The number of alkyl halides is 3. The minimum absolute atomic E-state index is 0.00255. The van der Waals surface area contributed by atoms with Crippen LogP contribution in [0.4, 0.5) is 48.2 Å². The van der Waals surface area contributed by atoms with Gasteiger partial charge < -0.3 is 15.2 Å². The molecule has 0 aliphatic heterocycles. The second-order valence-corrected chi connectivity index (χ2v) is 6.38. The lowest BCUT2D eigenvalue weighted by Crippen LogP contribution is -2.18. The molecule has 15 heteroatoms. The highest BCUT2D eigenvalue weighted by atomic mass is 19.4. The number of nitrogens with one attached hydrogen (secondary N) is 3. The molecule has 180 valence electrons. The Labute approximate surface area is 185 Å². The molecule has 0 amide bonds. The largest absolute Gasteiger partial charge is 0.573 e. The molecule has 0 saturated heterocycles. The summed E-state index contributed by atoms with van der Waals surface area (Å²) in [5.74, 6) is -9.41. The number of halogens is 7. The monoisotopic (exact) mass is 491 g/mol. The molecule has 0 aliphatic carbocycles. The second-order valence-electron chi connectivity index (χ2n) is 6.38. The third-order valence-corrected chi connectivity index (χ3v) is 3.91. The number of aromatic nitrogens is 2. The van der Waals surface area contributed by atoms with E-state index in [2.05, 4.69) is 25.4 Å². The minimum Gasteiger partial charge on any atom is -0.480 e. The molecule has 3 aromatic rings. The van der Waals surface area contributed by atoms with Gasteiger partial charge in [-0.15, -0.1) is 13.2 Å². The van der Waals surface area contributed by atoms with Crippen molar-refractivity contribution in [3.63, 3.8) is 0 Å². The van der Waals surface area contributed by atoms with E-state index in [1.54, 1.807) is 0 Å². The molecule has 0 saturated carbocycles. The molecule has 0 aliphatic rings. The Balaban J connectivity index is 1.96. The van der Waals surface area contributed by atoms with Crippen LogP contribution in [0.3, 0.4) is 0 Å². The third-order valence-electron chi connectivity index (χ3n) is 3.91. The van der Waals surface area contributed by atoms with Crippen molar-refractivity contribution in [2.75, 3.05) is 22.7 Å². The molecule has 0 unspecified atom stereocenters. The van der Waals surface area contributed by atoms with E-state index in [9.17, 15) is 35.5 Å². The lowest BCUT2D eigenvalue weighted by molar-refractivity contribution is -0.274. The van der Waals surface area contributed by atoms with Crippen LogP contribution in [-0.4, -0.2) is 34.0 Å². The average molecular weight is 491 g/mol. The molecular formula is C19H12F7N5O3. The highest BCUT2D eigenvalue weighted by Crippen LogP contribution is 2.29. The van der Waals surface area contributed by atoms with E-state index in [1.165, 1.54) is 12.1 Å². The number of hydrogen-bond donors (Lipinski definition) is 4. The number of rotatable bonds is 8. The van der Waals surface area contributed by atoms with E-state index >= 15 is 0 Å². The normalized spacial score (nSPS) is 11.1. The van der Waals surface area contributed by atoms with Gasteiger partial charge in [-0.1, -0.05) is 12.1 Å². The Kier molecular flexibility index (Phi) is 6.93. The van der Waals surface area contributed by atoms with Crippen LogP contribution in [0, 0.1) is 23.3 Å². The van der Waals surface area contributed by atoms with E-state index in [4.69, 9.17) is 5.11 Å². The molecule has 1 heterocycles. The minimum atomic E-state index is -4.97. The number of nitrogens with zero attached hydrogens (tertiary/aromatic N) is 2. The van der Waals surface area contributed by atoms with Crippen LogP contribution >= 0.6 is 0 Å². The number of carboxylic acids is 1. The first-order valence-corrected chi connectivity index (χ1v) is 8.99. The summed E-state index contributed by atoms with van der Waals surface area (Å²) in [7, 11) is 0. The highest BCUT2D eigenvalue weighted by Gasteiger charge is 2.31. The van der Waals surface area contributed by atoms with Gasteiger partial charge >= 0.3 is 12.3 Å². The maximum absolute atomic E-state index is 13.9. The molecule has 2 aromatic carbocycles. The number of ether oxygens (including phenoxy) is 1. The van der Waals surface area contributed by atoms with Gasteiger partial charge in [-0.25, -0.2) is 22.5 Å². The first-order valence-electron chi connectivity index (χ1n) is 8.99. The fourth-order valence-corrected chi connectivity index (χ4v) is 2.55. The molecule has 0 atom stereocenters. The van der Waals surface area contributed by atoms with Crippen molar-refractivity contribution in [3.05, 3.63) is 59.7 Å². The van der Waals surface area contributed by atoms with Crippen LogP contribution in [-0.2, 0) is 4.79 Å². The molecule has 4 N–H and O–H groups in total. The number of carboxylic acid groups (broad SMARTS) is 1. The van der Waals surface area contributed by atoms with Crippen molar-refractivity contribution in [2.24, 2.45) is 0 Å². The van der Waals surface area contributed by atoms with Crippen molar-refractivity contribution in [2.45, 2.75) is 6.36 Å². The Bertz CT molecular complexity index is 1200. The summed E-state index contributed by atoms with van der Waals surface area (Å²) < 4.78 is 95.9. The molecule has 1 aromatic heterocycles. The van der Waals surface area contributed by atoms with Gasteiger partial charge in [-0.3, -0.25) is 15.6 Å². The SMILES string of the molecule is O=C(O)CNc1nc(NNc2c(F)c(F)cc(F)c2F)cc(-c2cccc(OC(F)(F)F)c2)n1. The molecule has 8 nitrogen and oxygen atoms in total. The summed E-state index contributed by atoms with van der Waals surface area (Å²) in [6, 6.07) is 5.64. The number of aliphatic carboxylic acids is 1. The van der Waals surface area contributed by atoms with Crippen molar-refractivity contribution in [1.82, 2.24) is 9.97 Å². The van der Waals surface area contributed by atoms with E-state index in [0.29, 0.717) is 0 Å². The van der Waals surface area contributed by atoms with Gasteiger partial charge in [-0.05, 0) is 12.1 Å². The van der Waals surface area contributed by atoms with E-state index in [1.807, 2.05) is 5.43 Å². The fourth-order valence-electron chi connectivity index (χ4n) is 2.55. The zero-order valence-corrected chi connectivity index (χ0v) is 16.5. The van der Waals surface area contributed by atoms with Crippen LogP contribution in [0.1, 0.15) is 0 Å². The summed E-state index contributed by atoms with van der Waals surface area (Å²) >= 11 is 0. The summed E-state index contributed by atoms with van der Waals surface area (Å²) in [5, 5.41) is 11.1. The standard InChI is InChI=1S/C19H12F7N5O3/c20-10-5-11(21)16(23)17(15(10)22)31-30-13-6-12(28-18(29-13)27-7-14(32)33)8-2-1-3-9(4-8)34-19(24,25)26/h1-6,31H,7H2,(H,32,33)(H2,27,28,29,30). The van der Waals surface area contributed by atoms with E-state index < -0.39 is 53.6 Å². The fraction of sp³-hybridized carbons (Fsp3) is 0.105. The molecule has 34 heavy (non-hydrogen) atoms. The average Bonchev–Trinajstić information content (AvgIpc) is 2.75. The van der Waals surface area contributed by atoms with Crippen LogP contribution in [0.15, 0.2) is 36.4 Å². The molecular weight excluding hydrogens is 479 g/mol. The highest BCUT2D eigenvalue weighted by molar-refractivity contribution is 5.73. The van der Waals surface area contributed by atoms with Gasteiger partial charge in [0.2, 0.25) is 5.95 Å². The Morgan fingerprint density at radius 3 is 2.26 bits per heavy atom. The topological polar surface area (TPSA) is 108 Å². The number of carbonyl (C=O) groups is 1. The summed E-state index contributed by atoms with van der Waals surface area (Å²) in [6.07, 6.45) is -4.97. The molecule has 0 radical (unpaired) electrons. The number of anilines is 3. The van der Waals surface area contributed by atoms with Gasteiger partial charge in [0.05, 0.1) is 5.69 Å². The van der Waals surface area contributed by atoms with Gasteiger partial charge in [0, 0.05) is 17.7 Å². The van der Waals surface area contributed by atoms with Crippen molar-refractivity contribution in [3.8, 4) is 17.0 Å². The molecule has 3 rings (SSSR count). The van der Waals surface area contributed by atoms with Crippen LogP contribution < -0.4 is 20.9 Å². The van der Waals surface area contributed by atoms with Crippen LogP contribution in [0.2, 0.25) is 0 Å². The van der Waals surface area contributed by atoms with E-state index in [-0.39, 0.29) is 29.1 Å². The predicted octanol–water partition coefficient (Wildman–Crippen LogP) is 4.53. The van der Waals surface area contributed by atoms with Gasteiger partial charge in [0.1, 0.15) is 18.0 Å². The first kappa shape index (κ1) is 24.3. The first-order chi connectivity index (χ1) is 15.9. The molecule has 0 fully saturated rings. The van der Waals surface area contributed by atoms with Crippen molar-refractivity contribution >= 4 is 23.4 Å². The van der Waals surface area contributed by atoms with Crippen LogP contribution in [0.25, 0.3) is 11.3 Å². The zero-order valence-electron chi connectivity index (χ0n) is 16.5. The molecule has 0 spiro atoms. The summed E-state index contributed by atoms with van der Waals surface area (Å²) in [6.45, 7) is -0.661. The number of benzene rings is 2. The quantitative estimate of drug-likeness (QED) is 0.207. The summed E-state index contributed by atoms with van der Waals surface area (Å²) in [5.41, 5.74) is 2.83. The van der Waals surface area contributed by atoms with Gasteiger partial charge in [-0.2, -0.15) is 4.98 Å². The number of hydrazine groups is 1. The molecule has 0 bridgehead atoms. The predicted molar refractivity (Wildman–Crippen MR) is 104 cm³/mol. The smallest absolute Gasteiger partial charge is 0.480 e. The van der Waals surface area contributed by atoms with Crippen molar-refractivity contribution in [1.29, 1.82) is 0 Å². The van der Waals surface area contributed by atoms with Gasteiger partial charge in [0.15, 0.2) is 29.1 Å². The summed E-state index contributed by atoms with van der Waals surface area (Å²) in [4.78, 5) is 18.6. The Morgan fingerprint density at radius 2 is 1.65 bits per heavy atom.